The van der Waals surface area contributed by atoms with E-state index in [1.54, 1.807) is 14.0 Å². The summed E-state index contributed by atoms with van der Waals surface area (Å²) < 4.78 is 4.80. The molecule has 13 heavy (non-hydrogen) atoms. The molecular weight excluding hydrogens is 170 g/mol. The van der Waals surface area contributed by atoms with Crippen molar-refractivity contribution in [2.24, 2.45) is 0 Å². The van der Waals surface area contributed by atoms with Crippen molar-refractivity contribution in [3.05, 3.63) is 17.7 Å². The number of H-pyrrole nitrogens is 1. The third-order valence-corrected chi connectivity index (χ3v) is 1.64. The molecule has 0 fully saturated rings. The number of nitrogens with zero attached hydrogens (tertiary/aromatic N) is 1. The van der Waals surface area contributed by atoms with Gasteiger partial charge in [0.05, 0.1) is 12.9 Å². The van der Waals surface area contributed by atoms with Crippen molar-refractivity contribution in [2.75, 3.05) is 20.3 Å². The highest BCUT2D eigenvalue weighted by molar-refractivity contribution is 5.93. The second kappa shape index (κ2) is 4.61. The molecule has 0 atom stereocenters. The van der Waals surface area contributed by atoms with Gasteiger partial charge in [0.25, 0.3) is 5.91 Å². The Morgan fingerprint density at radius 2 is 2.54 bits per heavy atom. The number of ether oxygens (including phenoxy) is 1. The molecule has 1 aromatic rings. The number of hydrogen-bond donors (Lipinski definition) is 2. The zero-order chi connectivity index (χ0) is 9.68. The molecule has 2 N–H and O–H groups in total. The molecule has 72 valence electrons. The number of methoxy groups -OCH3 is 1. The van der Waals surface area contributed by atoms with Crippen molar-refractivity contribution >= 4 is 5.91 Å². The summed E-state index contributed by atoms with van der Waals surface area (Å²) in [6, 6.07) is 0. The van der Waals surface area contributed by atoms with Crippen LogP contribution in [0.3, 0.4) is 0 Å². The molecule has 0 aliphatic heterocycles. The number of imidazole rings is 1. The van der Waals surface area contributed by atoms with Crippen molar-refractivity contribution in [3.8, 4) is 0 Å². The average Bonchev–Trinajstić information content (AvgIpc) is 2.52. The Kier molecular flexibility index (Phi) is 3.45. The van der Waals surface area contributed by atoms with Gasteiger partial charge in [-0.25, -0.2) is 4.98 Å². The predicted molar refractivity (Wildman–Crippen MR) is 47.5 cm³/mol. The standard InChI is InChI=1S/C8H13N3O2/c1-6-7(11-5-10-6)8(12)9-3-4-13-2/h5H,3-4H2,1-2H3,(H,9,12)(H,10,11). The Hall–Kier alpha value is -1.36. The molecule has 5 nitrogen and oxygen atoms in total. The lowest BCUT2D eigenvalue weighted by atomic mass is 10.3. The van der Waals surface area contributed by atoms with Crippen molar-refractivity contribution in [2.45, 2.75) is 6.92 Å². The summed E-state index contributed by atoms with van der Waals surface area (Å²) in [6.07, 6.45) is 1.50. The molecule has 0 saturated heterocycles. The minimum atomic E-state index is -0.171. The van der Waals surface area contributed by atoms with Gasteiger partial charge in [-0.05, 0) is 6.92 Å². The molecule has 0 aliphatic carbocycles. The van der Waals surface area contributed by atoms with Crippen LogP contribution in [0.5, 0.6) is 0 Å². The van der Waals surface area contributed by atoms with Gasteiger partial charge in [0, 0.05) is 19.3 Å². The molecule has 5 heteroatoms. The Labute approximate surface area is 76.5 Å². The zero-order valence-electron chi connectivity index (χ0n) is 7.76. The molecule has 0 aromatic carbocycles. The molecule has 0 radical (unpaired) electrons. The van der Waals surface area contributed by atoms with Gasteiger partial charge in [-0.15, -0.1) is 0 Å². The van der Waals surface area contributed by atoms with Crippen LogP contribution in [-0.4, -0.2) is 36.1 Å². The molecular formula is C8H13N3O2. The lowest BCUT2D eigenvalue weighted by molar-refractivity contribution is 0.0932. The predicted octanol–water partition coefficient (Wildman–Crippen LogP) is 0.0943. The summed E-state index contributed by atoms with van der Waals surface area (Å²) in [5.41, 5.74) is 1.21. The van der Waals surface area contributed by atoms with Gasteiger partial charge in [0.2, 0.25) is 0 Å². The molecule has 1 rings (SSSR count). The number of aromatic nitrogens is 2. The molecule has 0 saturated carbocycles. The van der Waals surface area contributed by atoms with Crippen LogP contribution in [0.4, 0.5) is 0 Å². The van der Waals surface area contributed by atoms with Gasteiger partial charge in [-0.1, -0.05) is 0 Å². The lowest BCUT2D eigenvalue weighted by Crippen LogP contribution is -2.27. The van der Waals surface area contributed by atoms with E-state index in [0.29, 0.717) is 18.8 Å². The van der Waals surface area contributed by atoms with E-state index in [0.717, 1.165) is 5.69 Å². The molecule has 0 aliphatic rings. The van der Waals surface area contributed by atoms with Crippen LogP contribution in [-0.2, 0) is 4.74 Å². The Balaban J connectivity index is 2.45. The Morgan fingerprint density at radius 3 is 3.08 bits per heavy atom. The van der Waals surface area contributed by atoms with Crippen molar-refractivity contribution < 1.29 is 9.53 Å². The van der Waals surface area contributed by atoms with Crippen LogP contribution in [0, 0.1) is 6.92 Å². The van der Waals surface area contributed by atoms with Gasteiger partial charge in [-0.2, -0.15) is 0 Å². The van der Waals surface area contributed by atoms with E-state index < -0.39 is 0 Å². The fraction of sp³-hybridized carbons (Fsp3) is 0.500. The van der Waals surface area contributed by atoms with Crippen LogP contribution >= 0.6 is 0 Å². The lowest BCUT2D eigenvalue weighted by Gasteiger charge is -2.01. The number of aromatic amines is 1. The maximum absolute atomic E-state index is 11.4. The summed E-state index contributed by atoms with van der Waals surface area (Å²) in [6.45, 7) is 2.81. The van der Waals surface area contributed by atoms with Crippen LogP contribution in [0.2, 0.25) is 0 Å². The number of hydrogen-bond acceptors (Lipinski definition) is 3. The molecule has 1 aromatic heterocycles. The summed E-state index contributed by atoms with van der Waals surface area (Å²) in [5, 5.41) is 2.68. The van der Waals surface area contributed by atoms with Gasteiger partial charge in [0.15, 0.2) is 0 Å². The van der Waals surface area contributed by atoms with E-state index in [1.165, 1.54) is 6.33 Å². The van der Waals surface area contributed by atoms with Crippen LogP contribution in [0.15, 0.2) is 6.33 Å². The highest BCUT2D eigenvalue weighted by atomic mass is 16.5. The molecule has 0 bridgehead atoms. The minimum Gasteiger partial charge on any atom is -0.383 e. The van der Waals surface area contributed by atoms with Gasteiger partial charge in [0.1, 0.15) is 5.69 Å². The second-order valence-electron chi connectivity index (χ2n) is 2.62. The first-order valence-electron chi connectivity index (χ1n) is 4.03. The maximum atomic E-state index is 11.4. The number of rotatable bonds is 4. The summed E-state index contributed by atoms with van der Waals surface area (Å²) in [5.74, 6) is -0.171. The largest absolute Gasteiger partial charge is 0.383 e. The van der Waals surface area contributed by atoms with E-state index in [4.69, 9.17) is 4.74 Å². The van der Waals surface area contributed by atoms with Crippen molar-refractivity contribution in [3.63, 3.8) is 0 Å². The first-order chi connectivity index (χ1) is 6.25. The van der Waals surface area contributed by atoms with Gasteiger partial charge in [-0.3, -0.25) is 4.79 Å². The van der Waals surface area contributed by atoms with Crippen molar-refractivity contribution in [1.29, 1.82) is 0 Å². The monoisotopic (exact) mass is 183 g/mol. The van der Waals surface area contributed by atoms with E-state index in [1.807, 2.05) is 0 Å². The van der Waals surface area contributed by atoms with E-state index in [2.05, 4.69) is 15.3 Å². The first kappa shape index (κ1) is 9.73. The number of nitrogens with one attached hydrogen (secondary N) is 2. The summed E-state index contributed by atoms with van der Waals surface area (Å²) in [7, 11) is 1.59. The molecule has 1 heterocycles. The second-order valence-corrected chi connectivity index (χ2v) is 2.62. The zero-order valence-corrected chi connectivity index (χ0v) is 7.76. The van der Waals surface area contributed by atoms with E-state index in [-0.39, 0.29) is 5.91 Å². The Bertz CT molecular complexity index is 283. The summed E-state index contributed by atoms with van der Waals surface area (Å²) in [4.78, 5) is 18.1. The van der Waals surface area contributed by atoms with E-state index >= 15 is 0 Å². The quantitative estimate of drug-likeness (QED) is 0.650. The number of aryl methyl sites for hydroxylation is 1. The van der Waals surface area contributed by atoms with Crippen molar-refractivity contribution in [1.82, 2.24) is 15.3 Å². The maximum Gasteiger partial charge on any atom is 0.271 e. The number of amides is 1. The number of carbonyl (C=O) groups excluding carboxylic acids is 1. The third-order valence-electron chi connectivity index (χ3n) is 1.64. The highest BCUT2D eigenvalue weighted by Gasteiger charge is 2.09. The number of carbonyl (C=O) groups is 1. The van der Waals surface area contributed by atoms with Crippen LogP contribution in [0.25, 0.3) is 0 Å². The SMILES string of the molecule is COCCNC(=O)c1nc[nH]c1C. The highest BCUT2D eigenvalue weighted by Crippen LogP contribution is 1.98. The minimum absolute atomic E-state index is 0.171. The molecule has 1 amide bonds. The molecule has 0 unspecified atom stereocenters. The van der Waals surface area contributed by atoms with Gasteiger partial charge < -0.3 is 15.0 Å². The summed E-state index contributed by atoms with van der Waals surface area (Å²) >= 11 is 0. The van der Waals surface area contributed by atoms with E-state index in [9.17, 15) is 4.79 Å². The average molecular weight is 183 g/mol. The third kappa shape index (κ3) is 2.55. The smallest absolute Gasteiger partial charge is 0.271 e. The van der Waals surface area contributed by atoms with Crippen LogP contribution in [0.1, 0.15) is 16.2 Å². The fourth-order valence-electron chi connectivity index (χ4n) is 0.938. The topological polar surface area (TPSA) is 67.0 Å². The van der Waals surface area contributed by atoms with Gasteiger partial charge >= 0.3 is 0 Å². The first-order valence-corrected chi connectivity index (χ1v) is 4.03. The fourth-order valence-corrected chi connectivity index (χ4v) is 0.938. The normalized spacial score (nSPS) is 10.0. The Morgan fingerprint density at radius 1 is 1.77 bits per heavy atom. The van der Waals surface area contributed by atoms with Crippen LogP contribution < -0.4 is 5.32 Å². The molecule has 0 spiro atoms.